The minimum absolute atomic E-state index is 0.151. The molecule has 2 aromatic carbocycles. The number of carbonyl (C=O) groups is 2. The molecule has 34 heavy (non-hydrogen) atoms. The molecule has 8 nitrogen and oxygen atoms in total. The van der Waals surface area contributed by atoms with Gasteiger partial charge in [-0.1, -0.05) is 30.4 Å². The summed E-state index contributed by atoms with van der Waals surface area (Å²) in [6, 6.07) is 15.0. The summed E-state index contributed by atoms with van der Waals surface area (Å²) >= 11 is 3.53. The maximum atomic E-state index is 12.4. The highest BCUT2D eigenvalue weighted by Crippen LogP contribution is 2.34. The van der Waals surface area contributed by atoms with Gasteiger partial charge < -0.3 is 15.4 Å². The lowest BCUT2D eigenvalue weighted by molar-refractivity contribution is -0.113. The minimum atomic E-state index is -0.571. The van der Waals surface area contributed by atoms with Gasteiger partial charge in [0.05, 0.1) is 32.9 Å². The predicted octanol–water partition coefficient (Wildman–Crippen LogP) is 4.77. The molecule has 3 aromatic rings. The number of amides is 1. The van der Waals surface area contributed by atoms with Gasteiger partial charge in [-0.15, -0.1) is 0 Å². The molecule has 1 fully saturated rings. The lowest BCUT2D eigenvalue weighted by Crippen LogP contribution is -2.23. The second kappa shape index (κ2) is 9.42. The van der Waals surface area contributed by atoms with Crippen LogP contribution in [0.2, 0.25) is 0 Å². The molecule has 1 unspecified atom stereocenters. The fourth-order valence-corrected chi connectivity index (χ4v) is 4.05. The van der Waals surface area contributed by atoms with Gasteiger partial charge in [-0.25, -0.2) is 9.78 Å². The SMILES string of the molecule is CC(C)(C)OC(=O)c1ccc2nc(N)nc(N(Br)c3ccccc3)c2c1.O=C1C2CC=CCN12. The molecule has 0 saturated carbocycles. The van der Waals surface area contributed by atoms with Crippen LogP contribution in [0.3, 0.4) is 0 Å². The van der Waals surface area contributed by atoms with Crippen molar-refractivity contribution in [2.75, 3.05) is 16.2 Å². The molecule has 0 bridgehead atoms. The number of carbonyl (C=O) groups excluding carboxylic acids is 2. The van der Waals surface area contributed by atoms with Crippen molar-refractivity contribution in [3.63, 3.8) is 0 Å². The van der Waals surface area contributed by atoms with E-state index in [-0.39, 0.29) is 12.0 Å². The van der Waals surface area contributed by atoms with Gasteiger partial charge in [0, 0.05) is 11.9 Å². The number of nitrogens with two attached hydrogens (primary N) is 1. The molecule has 1 atom stereocenters. The number of fused-ring (bicyclic) bond motifs is 2. The summed E-state index contributed by atoms with van der Waals surface area (Å²) in [7, 11) is 0. The van der Waals surface area contributed by atoms with Crippen LogP contribution >= 0.6 is 16.1 Å². The fourth-order valence-electron chi connectivity index (χ4n) is 3.54. The zero-order valence-corrected chi connectivity index (χ0v) is 20.8. The Morgan fingerprint density at radius 2 is 1.88 bits per heavy atom. The van der Waals surface area contributed by atoms with Crippen molar-refractivity contribution in [3.8, 4) is 0 Å². The second-order valence-electron chi connectivity index (χ2n) is 8.97. The smallest absolute Gasteiger partial charge is 0.338 e. The topological polar surface area (TPSA) is 101 Å². The van der Waals surface area contributed by atoms with Crippen LogP contribution in [-0.2, 0) is 9.53 Å². The van der Waals surface area contributed by atoms with Crippen LogP contribution in [-0.4, -0.2) is 44.9 Å². The number of benzene rings is 2. The normalized spacial score (nSPS) is 16.4. The molecule has 0 aliphatic carbocycles. The number of nitrogens with zero attached hydrogens (tertiary/aromatic N) is 4. The van der Waals surface area contributed by atoms with E-state index in [1.165, 1.54) is 0 Å². The van der Waals surface area contributed by atoms with Crippen molar-refractivity contribution in [1.29, 1.82) is 0 Å². The number of aromatic nitrogens is 2. The molecule has 0 spiro atoms. The first-order valence-electron chi connectivity index (χ1n) is 10.9. The number of ether oxygens (including phenoxy) is 1. The Balaban J connectivity index is 0.000000285. The van der Waals surface area contributed by atoms with Crippen LogP contribution in [0.15, 0.2) is 60.7 Å². The van der Waals surface area contributed by atoms with Gasteiger partial charge in [-0.3, -0.25) is 8.72 Å². The number of hydrogen-bond donors (Lipinski definition) is 1. The Morgan fingerprint density at radius 3 is 2.50 bits per heavy atom. The lowest BCUT2D eigenvalue weighted by Gasteiger charge is -2.20. The van der Waals surface area contributed by atoms with Crippen molar-refractivity contribution in [3.05, 3.63) is 66.2 Å². The van der Waals surface area contributed by atoms with E-state index in [1.54, 1.807) is 22.1 Å². The molecule has 5 rings (SSSR count). The van der Waals surface area contributed by atoms with E-state index in [0.717, 1.165) is 18.7 Å². The van der Waals surface area contributed by atoms with Gasteiger partial charge in [-0.2, -0.15) is 4.98 Å². The first kappa shape index (κ1) is 23.7. The predicted molar refractivity (Wildman–Crippen MR) is 136 cm³/mol. The first-order valence-corrected chi connectivity index (χ1v) is 11.6. The number of rotatable bonds is 3. The van der Waals surface area contributed by atoms with Gasteiger partial charge in [0.2, 0.25) is 11.9 Å². The van der Waals surface area contributed by atoms with E-state index in [1.807, 2.05) is 62.1 Å². The Bertz CT molecular complexity index is 1240. The Kier molecular flexibility index (Phi) is 6.56. The maximum Gasteiger partial charge on any atom is 0.338 e. The summed E-state index contributed by atoms with van der Waals surface area (Å²) in [5, 5.41) is 0.684. The average Bonchev–Trinajstić information content (AvgIpc) is 3.47. The van der Waals surface area contributed by atoms with Gasteiger partial charge in [0.25, 0.3) is 0 Å². The second-order valence-corrected chi connectivity index (χ2v) is 9.68. The van der Waals surface area contributed by atoms with Gasteiger partial charge in [0.15, 0.2) is 5.82 Å². The molecule has 0 radical (unpaired) electrons. The van der Waals surface area contributed by atoms with E-state index in [4.69, 9.17) is 10.5 Å². The molecule has 176 valence electrons. The minimum Gasteiger partial charge on any atom is -0.456 e. The molecule has 1 saturated heterocycles. The van der Waals surface area contributed by atoms with Crippen molar-refractivity contribution in [2.45, 2.75) is 38.8 Å². The molecule has 9 heteroatoms. The van der Waals surface area contributed by atoms with Gasteiger partial charge in [-0.05, 0) is 57.5 Å². The number of esters is 1. The number of halogens is 1. The Hall–Kier alpha value is -3.46. The first-order chi connectivity index (χ1) is 16.1. The van der Waals surface area contributed by atoms with E-state index >= 15 is 0 Å². The van der Waals surface area contributed by atoms with Crippen molar-refractivity contribution in [1.82, 2.24) is 14.9 Å². The van der Waals surface area contributed by atoms with Crippen molar-refractivity contribution >= 4 is 56.4 Å². The molecule has 3 heterocycles. The van der Waals surface area contributed by atoms with Crippen LogP contribution in [0.5, 0.6) is 0 Å². The van der Waals surface area contributed by atoms with Gasteiger partial charge in [0.1, 0.15) is 11.6 Å². The highest BCUT2D eigenvalue weighted by atomic mass is 79.9. The third-order valence-corrected chi connectivity index (χ3v) is 5.95. The van der Waals surface area contributed by atoms with E-state index < -0.39 is 11.6 Å². The molecule has 1 amide bonds. The maximum absolute atomic E-state index is 12.4. The van der Waals surface area contributed by atoms with Crippen LogP contribution in [0.4, 0.5) is 17.5 Å². The monoisotopic (exact) mass is 523 g/mol. The van der Waals surface area contributed by atoms with E-state index in [2.05, 4.69) is 32.2 Å². The quantitative estimate of drug-likeness (QED) is 0.228. The summed E-state index contributed by atoms with van der Waals surface area (Å²) in [5.74, 6) is 0.625. The molecule has 2 aliphatic heterocycles. The van der Waals surface area contributed by atoms with Crippen molar-refractivity contribution in [2.24, 2.45) is 0 Å². The van der Waals surface area contributed by atoms with Crippen molar-refractivity contribution < 1.29 is 14.3 Å². The van der Waals surface area contributed by atoms with E-state index in [9.17, 15) is 9.59 Å². The zero-order valence-electron chi connectivity index (χ0n) is 19.2. The zero-order chi connectivity index (χ0) is 24.5. The summed E-state index contributed by atoms with van der Waals surface area (Å²) in [5.41, 5.74) is 7.22. The van der Waals surface area contributed by atoms with Crippen LogP contribution in [0.1, 0.15) is 37.6 Å². The summed E-state index contributed by atoms with van der Waals surface area (Å²) in [6.45, 7) is 6.34. The van der Waals surface area contributed by atoms with E-state index in [0.29, 0.717) is 28.2 Å². The van der Waals surface area contributed by atoms with Crippen LogP contribution in [0.25, 0.3) is 10.9 Å². The molecular formula is C25H26BrN5O3. The Labute approximate surface area is 206 Å². The number of anilines is 3. The number of para-hydroxylation sites is 1. The lowest BCUT2D eigenvalue weighted by atomic mass is 10.1. The summed E-state index contributed by atoms with van der Waals surface area (Å²) < 4.78 is 7.18. The highest BCUT2D eigenvalue weighted by Gasteiger charge is 2.44. The number of hydrogen-bond acceptors (Lipinski definition) is 7. The van der Waals surface area contributed by atoms with Crippen LogP contribution < -0.4 is 9.66 Å². The standard InChI is InChI=1S/C19H19BrN4O2.C6H7NO/c1-19(2,3)26-17(25)12-9-10-15-14(11-12)16(23-18(21)22-15)24(20)13-7-5-4-6-8-13;8-6-5-3-1-2-4-7(5)6/h4-11H,1-3H3,(H2,21,22,23);1-2,5H,3-4H2. The summed E-state index contributed by atoms with van der Waals surface area (Å²) in [6.07, 6.45) is 5.06. The molecular weight excluding hydrogens is 498 g/mol. The van der Waals surface area contributed by atoms with Crippen LogP contribution in [0, 0.1) is 0 Å². The third-order valence-electron chi connectivity index (χ3n) is 5.20. The number of nitrogen functional groups attached to an aromatic ring is 1. The molecule has 2 N–H and O–H groups in total. The average molecular weight is 524 g/mol. The largest absolute Gasteiger partial charge is 0.456 e. The highest BCUT2D eigenvalue weighted by molar-refractivity contribution is 9.10. The molecule has 1 aromatic heterocycles. The van der Waals surface area contributed by atoms with Gasteiger partial charge >= 0.3 is 5.97 Å². The Morgan fingerprint density at radius 1 is 1.15 bits per heavy atom. The molecule has 2 aliphatic rings. The fraction of sp³-hybridized carbons (Fsp3) is 0.280. The third kappa shape index (κ3) is 5.36. The summed E-state index contributed by atoms with van der Waals surface area (Å²) in [4.78, 5) is 33.5.